The van der Waals surface area contributed by atoms with E-state index in [1.807, 2.05) is 44.4 Å². The Kier molecular flexibility index (Phi) is 4.23. The second-order valence-corrected chi connectivity index (χ2v) is 6.51. The first-order valence-electron chi connectivity index (χ1n) is 6.24. The molecule has 0 heterocycles. The highest BCUT2D eigenvalue weighted by molar-refractivity contribution is 7.89. The van der Waals surface area contributed by atoms with Crippen LogP contribution in [0.25, 0.3) is 11.1 Å². The number of rotatable bonds is 4. The molecule has 0 saturated carbocycles. The molecule has 2 N–H and O–H groups in total. The Balaban J connectivity index is 2.52. The fourth-order valence-corrected chi connectivity index (χ4v) is 2.92. The van der Waals surface area contributed by atoms with Gasteiger partial charge in [-0.05, 0) is 37.4 Å². The first-order chi connectivity index (χ1) is 9.38. The maximum Gasteiger partial charge on any atom is 0.238 e. The van der Waals surface area contributed by atoms with Crippen LogP contribution in [0.2, 0.25) is 0 Å². The van der Waals surface area contributed by atoms with Crippen LogP contribution in [0.4, 0.5) is 0 Å². The van der Waals surface area contributed by atoms with Crippen molar-refractivity contribution in [2.24, 2.45) is 5.14 Å². The van der Waals surface area contributed by atoms with Crippen LogP contribution in [-0.4, -0.2) is 27.4 Å². The molecule has 0 radical (unpaired) electrons. The number of nitrogens with zero attached hydrogens (tertiary/aromatic N) is 1. The van der Waals surface area contributed by atoms with Crippen molar-refractivity contribution in [3.8, 4) is 11.1 Å². The summed E-state index contributed by atoms with van der Waals surface area (Å²) in [6, 6.07) is 14.6. The zero-order valence-electron chi connectivity index (χ0n) is 11.6. The van der Waals surface area contributed by atoms with Gasteiger partial charge in [0.15, 0.2) is 0 Å². The molecule has 0 amide bonds. The lowest BCUT2D eigenvalue weighted by Crippen LogP contribution is -2.13. The molecule has 0 aliphatic carbocycles. The lowest BCUT2D eigenvalue weighted by atomic mass is 10.0. The second-order valence-electron chi connectivity index (χ2n) is 4.98. The molecule has 20 heavy (non-hydrogen) atoms. The van der Waals surface area contributed by atoms with Gasteiger partial charge in [0.05, 0.1) is 4.90 Å². The van der Waals surface area contributed by atoms with Gasteiger partial charge in [0.2, 0.25) is 10.0 Å². The molecule has 0 aromatic heterocycles. The van der Waals surface area contributed by atoms with Crippen LogP contribution < -0.4 is 5.14 Å². The molecule has 0 fully saturated rings. The summed E-state index contributed by atoms with van der Waals surface area (Å²) in [5.41, 5.74) is 2.61. The Labute approximate surface area is 119 Å². The largest absolute Gasteiger partial charge is 0.305 e. The molecule has 5 heteroatoms. The van der Waals surface area contributed by atoms with E-state index < -0.39 is 10.0 Å². The lowest BCUT2D eigenvalue weighted by molar-refractivity contribution is 0.402. The van der Waals surface area contributed by atoms with E-state index in [0.717, 1.165) is 17.7 Å². The van der Waals surface area contributed by atoms with Gasteiger partial charge in [-0.15, -0.1) is 0 Å². The van der Waals surface area contributed by atoms with Crippen molar-refractivity contribution < 1.29 is 8.42 Å². The summed E-state index contributed by atoms with van der Waals surface area (Å²) in [6.07, 6.45) is 0. The van der Waals surface area contributed by atoms with E-state index in [1.54, 1.807) is 12.1 Å². The van der Waals surface area contributed by atoms with Gasteiger partial charge >= 0.3 is 0 Å². The third-order valence-corrected chi connectivity index (χ3v) is 3.90. The summed E-state index contributed by atoms with van der Waals surface area (Å²) in [5.74, 6) is 0. The Hall–Kier alpha value is -1.69. The fraction of sp³-hybridized carbons (Fsp3) is 0.200. The predicted molar refractivity (Wildman–Crippen MR) is 80.6 cm³/mol. The highest BCUT2D eigenvalue weighted by atomic mass is 32.2. The second kappa shape index (κ2) is 5.75. The van der Waals surface area contributed by atoms with E-state index in [-0.39, 0.29) is 4.90 Å². The molecule has 2 rings (SSSR count). The summed E-state index contributed by atoms with van der Waals surface area (Å²) >= 11 is 0. The normalized spacial score (nSPS) is 11.8. The molecule has 0 aliphatic rings. The quantitative estimate of drug-likeness (QED) is 0.937. The molecular formula is C15H18N2O2S. The van der Waals surface area contributed by atoms with Crippen LogP contribution in [0.3, 0.4) is 0 Å². The molecule has 0 bridgehead atoms. The number of sulfonamides is 1. The van der Waals surface area contributed by atoms with Crippen molar-refractivity contribution in [1.82, 2.24) is 4.90 Å². The minimum Gasteiger partial charge on any atom is -0.305 e. The smallest absolute Gasteiger partial charge is 0.238 e. The summed E-state index contributed by atoms with van der Waals surface area (Å²) in [5, 5.41) is 5.28. The van der Waals surface area contributed by atoms with Crippen LogP contribution in [0.15, 0.2) is 53.4 Å². The molecule has 2 aromatic carbocycles. The number of nitrogens with two attached hydrogens (primary N) is 1. The van der Waals surface area contributed by atoms with Gasteiger partial charge in [-0.1, -0.05) is 36.4 Å². The summed E-state index contributed by atoms with van der Waals surface area (Å²) in [6.45, 7) is 0.797. The standard InChI is InChI=1S/C15H18N2O2S/c1-17(2)11-12-6-5-7-13(10-12)14-8-3-4-9-15(14)20(16,18)19/h3-10H,11H2,1-2H3,(H2,16,18,19). The van der Waals surface area contributed by atoms with E-state index in [2.05, 4.69) is 4.90 Å². The molecular weight excluding hydrogens is 272 g/mol. The van der Waals surface area contributed by atoms with Crippen molar-refractivity contribution in [3.63, 3.8) is 0 Å². The van der Waals surface area contributed by atoms with Crippen LogP contribution in [-0.2, 0) is 16.6 Å². The number of hydrogen-bond acceptors (Lipinski definition) is 3. The predicted octanol–water partition coefficient (Wildman–Crippen LogP) is 2.06. The maximum absolute atomic E-state index is 11.7. The summed E-state index contributed by atoms with van der Waals surface area (Å²) in [4.78, 5) is 2.21. The van der Waals surface area contributed by atoms with E-state index in [0.29, 0.717) is 5.56 Å². The topological polar surface area (TPSA) is 63.4 Å². The highest BCUT2D eigenvalue weighted by Gasteiger charge is 2.14. The van der Waals surface area contributed by atoms with Gasteiger partial charge in [-0.3, -0.25) is 0 Å². The SMILES string of the molecule is CN(C)Cc1cccc(-c2ccccc2S(N)(=O)=O)c1. The first kappa shape index (κ1) is 14.7. The van der Waals surface area contributed by atoms with Crippen molar-refractivity contribution in [3.05, 3.63) is 54.1 Å². The number of hydrogen-bond donors (Lipinski definition) is 1. The van der Waals surface area contributed by atoms with Gasteiger partial charge in [0.25, 0.3) is 0 Å². The van der Waals surface area contributed by atoms with Crippen LogP contribution in [0.5, 0.6) is 0 Å². The van der Waals surface area contributed by atoms with Gasteiger partial charge in [-0.2, -0.15) is 0 Å². The minimum absolute atomic E-state index is 0.155. The maximum atomic E-state index is 11.7. The molecule has 106 valence electrons. The Bertz CT molecular complexity index is 709. The number of primary sulfonamides is 1. The van der Waals surface area contributed by atoms with Crippen LogP contribution >= 0.6 is 0 Å². The van der Waals surface area contributed by atoms with Crippen molar-refractivity contribution in [2.45, 2.75) is 11.4 Å². The lowest BCUT2D eigenvalue weighted by Gasteiger charge is -2.12. The van der Waals surface area contributed by atoms with E-state index in [4.69, 9.17) is 5.14 Å². The Morgan fingerprint density at radius 3 is 2.40 bits per heavy atom. The number of benzene rings is 2. The average molecular weight is 290 g/mol. The van der Waals surface area contributed by atoms with Gasteiger partial charge < -0.3 is 4.90 Å². The molecule has 0 aliphatic heterocycles. The van der Waals surface area contributed by atoms with Crippen LogP contribution in [0.1, 0.15) is 5.56 Å². The molecule has 0 saturated heterocycles. The Morgan fingerprint density at radius 1 is 1.05 bits per heavy atom. The van der Waals surface area contributed by atoms with E-state index >= 15 is 0 Å². The zero-order chi connectivity index (χ0) is 14.8. The molecule has 0 unspecified atom stereocenters. The van der Waals surface area contributed by atoms with E-state index in [9.17, 15) is 8.42 Å². The third kappa shape index (κ3) is 3.45. The minimum atomic E-state index is -3.73. The molecule has 4 nitrogen and oxygen atoms in total. The van der Waals surface area contributed by atoms with Crippen molar-refractivity contribution >= 4 is 10.0 Å². The Morgan fingerprint density at radius 2 is 1.75 bits per heavy atom. The van der Waals surface area contributed by atoms with E-state index in [1.165, 1.54) is 6.07 Å². The molecule has 0 atom stereocenters. The summed E-state index contributed by atoms with van der Waals surface area (Å²) < 4.78 is 23.3. The zero-order valence-corrected chi connectivity index (χ0v) is 12.4. The van der Waals surface area contributed by atoms with Crippen LogP contribution in [0, 0.1) is 0 Å². The fourth-order valence-electron chi connectivity index (χ4n) is 2.16. The van der Waals surface area contributed by atoms with Gasteiger partial charge in [-0.25, -0.2) is 13.6 Å². The first-order valence-corrected chi connectivity index (χ1v) is 7.78. The molecule has 2 aromatic rings. The average Bonchev–Trinajstić information content (AvgIpc) is 2.37. The van der Waals surface area contributed by atoms with Gasteiger partial charge in [0.1, 0.15) is 0 Å². The van der Waals surface area contributed by atoms with Gasteiger partial charge in [0, 0.05) is 12.1 Å². The highest BCUT2D eigenvalue weighted by Crippen LogP contribution is 2.27. The third-order valence-electron chi connectivity index (χ3n) is 2.93. The van der Waals surface area contributed by atoms with Crippen molar-refractivity contribution in [2.75, 3.05) is 14.1 Å². The van der Waals surface area contributed by atoms with Crippen molar-refractivity contribution in [1.29, 1.82) is 0 Å². The summed E-state index contributed by atoms with van der Waals surface area (Å²) in [7, 11) is 0.254. The molecule has 0 spiro atoms. The monoisotopic (exact) mass is 290 g/mol.